The second kappa shape index (κ2) is 9.62. The van der Waals surface area contributed by atoms with Gasteiger partial charge in [-0.2, -0.15) is 0 Å². The van der Waals surface area contributed by atoms with Crippen LogP contribution in [0.25, 0.3) is 0 Å². The minimum Gasteiger partial charge on any atom is -0.481 e. The number of anilines is 2. The van der Waals surface area contributed by atoms with Crippen molar-refractivity contribution in [3.63, 3.8) is 0 Å². The van der Waals surface area contributed by atoms with Crippen LogP contribution in [0.3, 0.4) is 0 Å². The van der Waals surface area contributed by atoms with Crippen LogP contribution in [0.2, 0.25) is 0 Å². The van der Waals surface area contributed by atoms with Gasteiger partial charge in [-0.05, 0) is 48.7 Å². The highest BCUT2D eigenvalue weighted by Gasteiger charge is 2.27. The van der Waals surface area contributed by atoms with Gasteiger partial charge in [0.25, 0.3) is 0 Å². The minimum absolute atomic E-state index is 0.121. The summed E-state index contributed by atoms with van der Waals surface area (Å²) in [6.07, 6.45) is 2.66. The van der Waals surface area contributed by atoms with Gasteiger partial charge in [0.2, 0.25) is 0 Å². The first-order valence-corrected chi connectivity index (χ1v) is 10.7. The predicted octanol–water partition coefficient (Wildman–Crippen LogP) is 4.05. The molecule has 0 saturated carbocycles. The molecule has 2 heterocycles. The summed E-state index contributed by atoms with van der Waals surface area (Å²) in [4.78, 5) is 15.6. The summed E-state index contributed by atoms with van der Waals surface area (Å²) in [6.45, 7) is 3.31. The summed E-state index contributed by atoms with van der Waals surface area (Å²) < 4.78 is 0. The molecule has 0 saturated heterocycles. The zero-order valence-electron chi connectivity index (χ0n) is 17.6. The number of carboxylic acid groups (broad SMARTS) is 1. The number of aliphatic carboxylic acids is 1. The molecule has 0 bridgehead atoms. The Balaban J connectivity index is 1.42. The topological polar surface area (TPSA) is 86.3 Å². The summed E-state index contributed by atoms with van der Waals surface area (Å²) in [5.74, 6) is -0.412. The van der Waals surface area contributed by atoms with Crippen molar-refractivity contribution in [3.8, 4) is 0 Å². The maximum atomic E-state index is 11.2. The SMILES string of the molecule is C[C@H](C(=O)O)c1ccc(CCN[C@H](c2ccccc2)[C@H]2CNc3cccnc3N2)cc1. The standard InChI is InChI=1S/C25H28N4O2/c1-17(25(30)31)19-11-9-18(10-12-19)13-15-26-23(20-6-3-2-4-7-20)22-16-28-21-8-5-14-27-24(21)29-22/h2-12,14,17,22-23,26,28H,13,15-16H2,1H3,(H,27,29)(H,30,31)/t17-,22+,23+/m0/s1. The van der Waals surface area contributed by atoms with E-state index in [-0.39, 0.29) is 12.1 Å². The number of hydrogen-bond acceptors (Lipinski definition) is 5. The van der Waals surface area contributed by atoms with Crippen LogP contribution < -0.4 is 16.0 Å². The number of carboxylic acids is 1. The van der Waals surface area contributed by atoms with Gasteiger partial charge in [-0.25, -0.2) is 4.98 Å². The van der Waals surface area contributed by atoms with Gasteiger partial charge in [0.1, 0.15) is 5.82 Å². The van der Waals surface area contributed by atoms with Gasteiger partial charge in [-0.1, -0.05) is 54.6 Å². The van der Waals surface area contributed by atoms with Crippen LogP contribution >= 0.6 is 0 Å². The lowest BCUT2D eigenvalue weighted by molar-refractivity contribution is -0.138. The van der Waals surface area contributed by atoms with Crippen molar-refractivity contribution >= 4 is 17.5 Å². The van der Waals surface area contributed by atoms with E-state index in [1.807, 2.05) is 42.5 Å². The number of benzene rings is 2. The summed E-state index contributed by atoms with van der Waals surface area (Å²) in [6, 6.07) is 22.6. The number of nitrogens with one attached hydrogen (secondary N) is 3. The number of pyridine rings is 1. The Hall–Kier alpha value is -3.38. The van der Waals surface area contributed by atoms with Gasteiger partial charge in [-0.15, -0.1) is 0 Å². The van der Waals surface area contributed by atoms with Crippen molar-refractivity contribution < 1.29 is 9.90 Å². The van der Waals surface area contributed by atoms with Crippen molar-refractivity contribution in [2.75, 3.05) is 23.7 Å². The fraction of sp³-hybridized carbons (Fsp3) is 0.280. The first-order chi connectivity index (χ1) is 15.1. The first-order valence-electron chi connectivity index (χ1n) is 10.7. The van der Waals surface area contributed by atoms with Crippen molar-refractivity contribution in [2.45, 2.75) is 31.3 Å². The van der Waals surface area contributed by atoms with Gasteiger partial charge in [0.15, 0.2) is 0 Å². The highest BCUT2D eigenvalue weighted by molar-refractivity contribution is 5.75. The molecule has 3 atom stereocenters. The molecule has 0 spiro atoms. The second-order valence-electron chi connectivity index (χ2n) is 7.93. The first kappa shape index (κ1) is 20.9. The molecule has 31 heavy (non-hydrogen) atoms. The van der Waals surface area contributed by atoms with E-state index in [2.05, 4.69) is 45.2 Å². The molecular formula is C25H28N4O2. The molecule has 2 aromatic carbocycles. The van der Waals surface area contributed by atoms with Gasteiger partial charge < -0.3 is 21.1 Å². The summed E-state index contributed by atoms with van der Waals surface area (Å²) >= 11 is 0. The van der Waals surface area contributed by atoms with Crippen LogP contribution in [-0.4, -0.2) is 35.2 Å². The third-order valence-corrected chi connectivity index (χ3v) is 5.83. The normalized spacial score (nSPS) is 17.0. The molecule has 6 heteroatoms. The molecule has 1 aromatic heterocycles. The lowest BCUT2D eigenvalue weighted by Crippen LogP contribution is -2.44. The number of hydrogen-bond donors (Lipinski definition) is 4. The number of aromatic nitrogens is 1. The van der Waals surface area contributed by atoms with Gasteiger partial charge in [0, 0.05) is 12.7 Å². The zero-order chi connectivity index (χ0) is 21.6. The molecule has 160 valence electrons. The van der Waals surface area contributed by atoms with E-state index >= 15 is 0 Å². The lowest BCUT2D eigenvalue weighted by atomic mass is 9.97. The minimum atomic E-state index is -0.801. The monoisotopic (exact) mass is 416 g/mol. The summed E-state index contributed by atoms with van der Waals surface area (Å²) in [5, 5.41) is 20.0. The quantitative estimate of drug-likeness (QED) is 0.443. The molecule has 4 rings (SSSR count). The highest BCUT2D eigenvalue weighted by Crippen LogP contribution is 2.28. The molecule has 1 aliphatic heterocycles. The maximum absolute atomic E-state index is 11.2. The van der Waals surface area contributed by atoms with Crippen molar-refractivity contribution in [3.05, 3.63) is 89.6 Å². The van der Waals surface area contributed by atoms with Crippen LogP contribution in [0.1, 0.15) is 35.6 Å². The molecule has 6 nitrogen and oxygen atoms in total. The number of carbonyl (C=O) groups is 1. The molecule has 0 unspecified atom stereocenters. The van der Waals surface area contributed by atoms with Crippen LogP contribution in [0.4, 0.5) is 11.5 Å². The third-order valence-electron chi connectivity index (χ3n) is 5.83. The number of nitrogens with zero attached hydrogens (tertiary/aromatic N) is 1. The van der Waals surface area contributed by atoms with Gasteiger partial charge in [-0.3, -0.25) is 4.79 Å². The maximum Gasteiger partial charge on any atom is 0.310 e. The Morgan fingerprint density at radius 1 is 1.10 bits per heavy atom. The lowest BCUT2D eigenvalue weighted by Gasteiger charge is -2.34. The number of rotatable bonds is 8. The summed E-state index contributed by atoms with van der Waals surface area (Å²) in [7, 11) is 0. The second-order valence-corrected chi connectivity index (χ2v) is 7.93. The number of fused-ring (bicyclic) bond motifs is 1. The smallest absolute Gasteiger partial charge is 0.310 e. The molecule has 4 N–H and O–H groups in total. The predicted molar refractivity (Wildman–Crippen MR) is 124 cm³/mol. The van der Waals surface area contributed by atoms with Crippen molar-refractivity contribution in [1.82, 2.24) is 10.3 Å². The highest BCUT2D eigenvalue weighted by atomic mass is 16.4. The molecule has 0 radical (unpaired) electrons. The van der Waals surface area contributed by atoms with E-state index in [0.29, 0.717) is 0 Å². The average molecular weight is 417 g/mol. The van der Waals surface area contributed by atoms with Crippen LogP contribution in [0, 0.1) is 0 Å². The van der Waals surface area contributed by atoms with Crippen LogP contribution in [0.15, 0.2) is 72.9 Å². The molecule has 3 aromatic rings. The molecule has 0 fully saturated rings. The average Bonchev–Trinajstić information content (AvgIpc) is 2.82. The molecule has 0 amide bonds. The Morgan fingerprint density at radius 2 is 1.87 bits per heavy atom. The summed E-state index contributed by atoms with van der Waals surface area (Å²) in [5.41, 5.74) is 4.27. The Morgan fingerprint density at radius 3 is 2.61 bits per heavy atom. The van der Waals surface area contributed by atoms with Crippen molar-refractivity contribution in [2.24, 2.45) is 0 Å². The Kier molecular flexibility index (Phi) is 6.48. The van der Waals surface area contributed by atoms with Crippen LogP contribution in [0.5, 0.6) is 0 Å². The van der Waals surface area contributed by atoms with E-state index in [1.54, 1.807) is 13.1 Å². The largest absolute Gasteiger partial charge is 0.481 e. The van der Waals surface area contributed by atoms with Gasteiger partial charge in [0.05, 0.1) is 23.7 Å². The van der Waals surface area contributed by atoms with Crippen molar-refractivity contribution in [1.29, 1.82) is 0 Å². The molecule has 1 aliphatic rings. The van der Waals surface area contributed by atoms with Gasteiger partial charge >= 0.3 is 5.97 Å². The Labute approximate surface area is 182 Å². The third kappa shape index (κ3) is 5.03. The van der Waals surface area contributed by atoms with E-state index in [9.17, 15) is 9.90 Å². The molecule has 0 aliphatic carbocycles. The fourth-order valence-corrected chi connectivity index (χ4v) is 3.95. The van der Waals surface area contributed by atoms with E-state index < -0.39 is 11.9 Å². The zero-order valence-corrected chi connectivity index (χ0v) is 17.6. The Bertz CT molecular complexity index is 1010. The van der Waals surface area contributed by atoms with E-state index in [0.717, 1.165) is 36.6 Å². The molecular weight excluding hydrogens is 388 g/mol. The van der Waals surface area contributed by atoms with E-state index in [1.165, 1.54) is 11.1 Å². The van der Waals surface area contributed by atoms with Crippen LogP contribution in [-0.2, 0) is 11.2 Å². The fourth-order valence-electron chi connectivity index (χ4n) is 3.95. The van der Waals surface area contributed by atoms with E-state index in [4.69, 9.17) is 0 Å².